The minimum atomic E-state index is -0.182. The van der Waals surface area contributed by atoms with Crippen molar-refractivity contribution >= 4 is 23.2 Å². The summed E-state index contributed by atoms with van der Waals surface area (Å²) < 4.78 is 0. The predicted molar refractivity (Wildman–Crippen MR) is 94.1 cm³/mol. The number of aryl methyl sites for hydroxylation is 1. The minimum absolute atomic E-state index is 0.182. The molecule has 0 aliphatic rings. The molecular formula is C16H23N5OS. The summed E-state index contributed by atoms with van der Waals surface area (Å²) in [5.74, 6) is 1.06. The van der Waals surface area contributed by atoms with Gasteiger partial charge >= 0.3 is 6.03 Å². The van der Waals surface area contributed by atoms with Crippen LogP contribution >= 0.6 is 11.3 Å². The highest BCUT2D eigenvalue weighted by molar-refractivity contribution is 7.09. The van der Waals surface area contributed by atoms with Gasteiger partial charge in [-0.3, -0.25) is 0 Å². The quantitative estimate of drug-likeness (QED) is 0.852. The highest BCUT2D eigenvalue weighted by Crippen LogP contribution is 2.18. The van der Waals surface area contributed by atoms with Crippen molar-refractivity contribution in [3.05, 3.63) is 40.0 Å². The van der Waals surface area contributed by atoms with Crippen molar-refractivity contribution < 1.29 is 4.79 Å². The summed E-state index contributed by atoms with van der Waals surface area (Å²) >= 11 is 1.63. The molecule has 1 unspecified atom stereocenters. The van der Waals surface area contributed by atoms with Crippen molar-refractivity contribution in [1.29, 1.82) is 0 Å². The van der Waals surface area contributed by atoms with E-state index in [2.05, 4.69) is 27.5 Å². The molecule has 0 saturated heterocycles. The van der Waals surface area contributed by atoms with Crippen LogP contribution in [-0.2, 0) is 6.54 Å². The van der Waals surface area contributed by atoms with Gasteiger partial charge in [0.05, 0.1) is 5.01 Å². The molecule has 0 spiro atoms. The number of carbonyl (C=O) groups is 1. The lowest BCUT2D eigenvalue weighted by Gasteiger charge is -2.16. The molecule has 0 fully saturated rings. The largest absolute Gasteiger partial charge is 0.362 e. The van der Waals surface area contributed by atoms with E-state index in [-0.39, 0.29) is 11.9 Å². The zero-order chi connectivity index (χ0) is 16.8. The fraction of sp³-hybridized carbons (Fsp3) is 0.438. The summed E-state index contributed by atoms with van der Waals surface area (Å²) in [7, 11) is 3.87. The van der Waals surface area contributed by atoms with E-state index in [4.69, 9.17) is 0 Å². The molecule has 2 amide bonds. The van der Waals surface area contributed by atoms with Gasteiger partial charge in [-0.25, -0.2) is 14.8 Å². The summed E-state index contributed by atoms with van der Waals surface area (Å²) in [6.45, 7) is 5.04. The predicted octanol–water partition coefficient (Wildman–Crippen LogP) is 2.52. The molecule has 2 heterocycles. The number of hydrogen-bond donors (Lipinski definition) is 2. The molecule has 1 atom stereocenters. The Labute approximate surface area is 141 Å². The number of amides is 2. The number of urea groups is 1. The SMILES string of the molecule is Cc1csc(C(C)CNC(=O)NCc2cccnc2N(C)C)n1. The highest BCUT2D eigenvalue weighted by Gasteiger charge is 2.12. The number of rotatable bonds is 6. The van der Waals surface area contributed by atoms with Gasteiger partial charge in [0.1, 0.15) is 5.82 Å². The standard InChI is InChI=1S/C16H23N5OS/c1-11(15-20-12(2)10-23-15)8-18-16(22)19-9-13-6-5-7-17-14(13)21(3)4/h5-7,10-11H,8-9H2,1-4H3,(H2,18,19,22). The molecule has 6 nitrogen and oxygen atoms in total. The monoisotopic (exact) mass is 333 g/mol. The molecule has 0 saturated carbocycles. The van der Waals surface area contributed by atoms with E-state index >= 15 is 0 Å². The van der Waals surface area contributed by atoms with Crippen molar-refractivity contribution in [2.45, 2.75) is 26.3 Å². The topological polar surface area (TPSA) is 70.2 Å². The molecule has 124 valence electrons. The Balaban J connectivity index is 1.82. The molecule has 0 radical (unpaired) electrons. The number of carbonyl (C=O) groups excluding carboxylic acids is 1. The van der Waals surface area contributed by atoms with Gasteiger partial charge in [0, 0.05) is 55.9 Å². The molecule has 0 aromatic carbocycles. The van der Waals surface area contributed by atoms with Gasteiger partial charge in [0.2, 0.25) is 0 Å². The van der Waals surface area contributed by atoms with Crippen LogP contribution < -0.4 is 15.5 Å². The first-order valence-corrected chi connectivity index (χ1v) is 8.40. The maximum atomic E-state index is 12.0. The first-order valence-electron chi connectivity index (χ1n) is 7.52. The van der Waals surface area contributed by atoms with Crippen LogP contribution in [0, 0.1) is 6.92 Å². The van der Waals surface area contributed by atoms with Crippen molar-refractivity contribution in [3.8, 4) is 0 Å². The summed E-state index contributed by atoms with van der Waals surface area (Å²) in [4.78, 5) is 22.7. The number of thiazole rings is 1. The van der Waals surface area contributed by atoms with Gasteiger partial charge in [-0.2, -0.15) is 0 Å². The maximum Gasteiger partial charge on any atom is 0.315 e. The number of anilines is 1. The van der Waals surface area contributed by atoms with Gasteiger partial charge in [-0.15, -0.1) is 11.3 Å². The van der Waals surface area contributed by atoms with Crippen LogP contribution in [0.2, 0.25) is 0 Å². The smallest absolute Gasteiger partial charge is 0.315 e. The Kier molecular flexibility index (Phi) is 5.92. The summed E-state index contributed by atoms with van der Waals surface area (Å²) in [6, 6.07) is 3.65. The molecule has 23 heavy (non-hydrogen) atoms. The van der Waals surface area contributed by atoms with E-state index in [1.54, 1.807) is 17.5 Å². The van der Waals surface area contributed by atoms with Crippen LogP contribution in [0.5, 0.6) is 0 Å². The van der Waals surface area contributed by atoms with E-state index in [9.17, 15) is 4.79 Å². The fourth-order valence-corrected chi connectivity index (χ4v) is 3.00. The lowest BCUT2D eigenvalue weighted by Crippen LogP contribution is -2.37. The third kappa shape index (κ3) is 4.92. The molecule has 2 aromatic heterocycles. The Bertz CT molecular complexity index is 655. The van der Waals surface area contributed by atoms with Gasteiger partial charge in [0.25, 0.3) is 0 Å². The molecule has 2 aromatic rings. The highest BCUT2D eigenvalue weighted by atomic mass is 32.1. The number of nitrogens with one attached hydrogen (secondary N) is 2. The lowest BCUT2D eigenvalue weighted by molar-refractivity contribution is 0.240. The normalized spacial score (nSPS) is 11.8. The minimum Gasteiger partial charge on any atom is -0.362 e. The first-order chi connectivity index (χ1) is 11.0. The Morgan fingerprint density at radius 2 is 2.17 bits per heavy atom. The van der Waals surface area contributed by atoms with Crippen molar-refractivity contribution in [3.63, 3.8) is 0 Å². The number of pyridine rings is 1. The third-order valence-corrected chi connectivity index (χ3v) is 4.55. The second-order valence-corrected chi connectivity index (χ2v) is 6.56. The molecule has 2 N–H and O–H groups in total. The van der Waals surface area contributed by atoms with E-state index in [1.165, 1.54) is 0 Å². The van der Waals surface area contributed by atoms with Crippen molar-refractivity contribution in [2.75, 3.05) is 25.5 Å². The molecule has 0 aliphatic carbocycles. The summed E-state index contributed by atoms with van der Waals surface area (Å²) in [5.41, 5.74) is 2.00. The van der Waals surface area contributed by atoms with Crippen LogP contribution in [-0.4, -0.2) is 36.6 Å². The number of aromatic nitrogens is 2. The van der Waals surface area contributed by atoms with Crippen molar-refractivity contribution in [1.82, 2.24) is 20.6 Å². The van der Waals surface area contributed by atoms with Gasteiger partial charge in [-0.1, -0.05) is 13.0 Å². The summed E-state index contributed by atoms with van der Waals surface area (Å²) in [5, 5.41) is 8.84. The van der Waals surface area contributed by atoms with Crippen LogP contribution in [0.4, 0.5) is 10.6 Å². The fourth-order valence-electron chi connectivity index (χ4n) is 2.14. The van der Waals surface area contributed by atoms with Gasteiger partial charge in [0.15, 0.2) is 0 Å². The molecule has 0 aliphatic heterocycles. The molecule has 2 rings (SSSR count). The molecule has 0 bridgehead atoms. The average molecular weight is 333 g/mol. The Morgan fingerprint density at radius 1 is 1.39 bits per heavy atom. The Hall–Kier alpha value is -2.15. The zero-order valence-corrected chi connectivity index (χ0v) is 14.8. The second-order valence-electron chi connectivity index (χ2n) is 5.67. The van der Waals surface area contributed by atoms with E-state index in [0.717, 1.165) is 22.1 Å². The van der Waals surface area contributed by atoms with Crippen LogP contribution in [0.1, 0.15) is 29.1 Å². The zero-order valence-electron chi connectivity index (χ0n) is 14.0. The van der Waals surface area contributed by atoms with Gasteiger partial charge < -0.3 is 15.5 Å². The first kappa shape index (κ1) is 17.2. The number of hydrogen-bond acceptors (Lipinski definition) is 5. The van der Waals surface area contributed by atoms with Gasteiger partial charge in [-0.05, 0) is 13.0 Å². The lowest BCUT2D eigenvalue weighted by atomic mass is 10.2. The molecular weight excluding hydrogens is 310 g/mol. The average Bonchev–Trinajstić information content (AvgIpc) is 2.97. The second kappa shape index (κ2) is 7.92. The van der Waals surface area contributed by atoms with E-state index in [0.29, 0.717) is 13.1 Å². The number of nitrogens with zero attached hydrogens (tertiary/aromatic N) is 3. The third-order valence-electron chi connectivity index (χ3n) is 3.36. The van der Waals surface area contributed by atoms with E-state index < -0.39 is 0 Å². The van der Waals surface area contributed by atoms with Crippen LogP contribution in [0.25, 0.3) is 0 Å². The summed E-state index contributed by atoms with van der Waals surface area (Å²) in [6.07, 6.45) is 1.75. The maximum absolute atomic E-state index is 12.0. The Morgan fingerprint density at radius 3 is 2.83 bits per heavy atom. The van der Waals surface area contributed by atoms with Crippen molar-refractivity contribution in [2.24, 2.45) is 0 Å². The van der Waals surface area contributed by atoms with Crippen LogP contribution in [0.3, 0.4) is 0 Å². The molecule has 7 heteroatoms. The van der Waals surface area contributed by atoms with Crippen LogP contribution in [0.15, 0.2) is 23.7 Å². The van der Waals surface area contributed by atoms with E-state index in [1.807, 2.05) is 43.4 Å².